The maximum Gasteiger partial charge on any atom is 0.225 e. The van der Waals surface area contributed by atoms with Crippen LogP contribution in [-0.2, 0) is 16.1 Å². The fourth-order valence-corrected chi connectivity index (χ4v) is 2.01. The Kier molecular flexibility index (Phi) is 9.01. The van der Waals surface area contributed by atoms with Crippen LogP contribution in [0.3, 0.4) is 0 Å². The topological polar surface area (TPSA) is 64.8 Å². The molecule has 0 heterocycles. The Morgan fingerprint density at radius 1 is 1.38 bits per heavy atom. The van der Waals surface area contributed by atoms with Gasteiger partial charge in [0.25, 0.3) is 0 Å². The summed E-state index contributed by atoms with van der Waals surface area (Å²) in [4.78, 5) is 13.7. The van der Waals surface area contributed by atoms with Crippen molar-refractivity contribution in [2.75, 3.05) is 27.8 Å². The number of methoxy groups -OCH3 is 2. The van der Waals surface area contributed by atoms with Gasteiger partial charge in [0.15, 0.2) is 0 Å². The lowest BCUT2D eigenvalue weighted by Gasteiger charge is -2.20. The van der Waals surface area contributed by atoms with Crippen LogP contribution in [0.2, 0.25) is 0 Å². The molecule has 0 saturated heterocycles. The first-order valence-corrected chi connectivity index (χ1v) is 6.62. The lowest BCUT2D eigenvalue weighted by Crippen LogP contribution is -2.33. The fourth-order valence-electron chi connectivity index (χ4n) is 2.01. The van der Waals surface area contributed by atoms with Crippen molar-refractivity contribution in [2.24, 2.45) is 5.73 Å². The van der Waals surface area contributed by atoms with E-state index in [4.69, 9.17) is 15.2 Å². The van der Waals surface area contributed by atoms with Crippen LogP contribution in [0.1, 0.15) is 17.5 Å². The van der Waals surface area contributed by atoms with Gasteiger partial charge in [-0.15, -0.1) is 12.4 Å². The van der Waals surface area contributed by atoms with Gasteiger partial charge in [0.2, 0.25) is 5.91 Å². The quantitative estimate of drug-likeness (QED) is 0.832. The van der Waals surface area contributed by atoms with E-state index in [0.29, 0.717) is 19.5 Å². The number of amides is 1. The summed E-state index contributed by atoms with van der Waals surface area (Å²) in [5.74, 6) is 0.876. The van der Waals surface area contributed by atoms with Crippen molar-refractivity contribution < 1.29 is 14.3 Å². The highest BCUT2D eigenvalue weighted by atomic mass is 35.5. The molecule has 0 aliphatic rings. The molecule has 0 saturated carbocycles. The van der Waals surface area contributed by atoms with E-state index in [0.717, 1.165) is 16.9 Å². The first-order valence-electron chi connectivity index (χ1n) is 6.62. The van der Waals surface area contributed by atoms with Crippen molar-refractivity contribution in [2.45, 2.75) is 26.0 Å². The van der Waals surface area contributed by atoms with Crippen LogP contribution in [0.5, 0.6) is 5.75 Å². The number of hydrogen-bond donors (Lipinski definition) is 1. The molecule has 0 aliphatic heterocycles. The summed E-state index contributed by atoms with van der Waals surface area (Å²) < 4.78 is 10.4. The molecule has 0 aromatic heterocycles. The Hall–Kier alpha value is -1.30. The number of carbonyl (C=O) groups excluding carboxylic acids is 1. The van der Waals surface area contributed by atoms with Gasteiger partial charge in [0.05, 0.1) is 19.6 Å². The Balaban J connectivity index is 0.00000400. The highest BCUT2D eigenvalue weighted by molar-refractivity contribution is 5.85. The summed E-state index contributed by atoms with van der Waals surface area (Å²) in [6.07, 6.45) is 0.0843. The van der Waals surface area contributed by atoms with E-state index in [2.05, 4.69) is 0 Å². The molecule has 0 bridgehead atoms. The van der Waals surface area contributed by atoms with Gasteiger partial charge in [-0.2, -0.15) is 0 Å². The number of ether oxygens (including phenoxy) is 2. The maximum absolute atomic E-state index is 12.0. The van der Waals surface area contributed by atoms with Crippen LogP contribution < -0.4 is 10.5 Å². The predicted octanol–water partition coefficient (Wildman–Crippen LogP) is 1.75. The molecule has 1 aromatic rings. The third kappa shape index (κ3) is 5.91. The number of nitrogens with two attached hydrogens (primary N) is 1. The predicted molar refractivity (Wildman–Crippen MR) is 85.9 cm³/mol. The minimum Gasteiger partial charge on any atom is -0.496 e. The SMILES string of the molecule is COc1ccc(CN(C)C(=O)CC(CN)OC)cc1C.Cl. The molecular formula is C15H25ClN2O3. The molecule has 120 valence electrons. The summed E-state index contributed by atoms with van der Waals surface area (Å²) >= 11 is 0. The smallest absolute Gasteiger partial charge is 0.225 e. The molecule has 1 unspecified atom stereocenters. The van der Waals surface area contributed by atoms with E-state index in [-0.39, 0.29) is 24.4 Å². The third-order valence-corrected chi connectivity index (χ3v) is 3.30. The normalized spacial score (nSPS) is 11.5. The number of hydrogen-bond acceptors (Lipinski definition) is 4. The van der Waals surface area contributed by atoms with Gasteiger partial charge in [-0.1, -0.05) is 12.1 Å². The number of carbonyl (C=O) groups is 1. The first-order chi connectivity index (χ1) is 9.51. The van der Waals surface area contributed by atoms with E-state index in [1.807, 2.05) is 25.1 Å². The second-order valence-corrected chi connectivity index (χ2v) is 4.85. The molecule has 0 spiro atoms. The van der Waals surface area contributed by atoms with E-state index < -0.39 is 0 Å². The molecule has 0 radical (unpaired) electrons. The van der Waals surface area contributed by atoms with Gasteiger partial charge in [0.1, 0.15) is 5.75 Å². The lowest BCUT2D eigenvalue weighted by atomic mass is 10.1. The molecule has 1 atom stereocenters. The van der Waals surface area contributed by atoms with E-state index in [9.17, 15) is 4.79 Å². The van der Waals surface area contributed by atoms with Crippen molar-refractivity contribution >= 4 is 18.3 Å². The van der Waals surface area contributed by atoms with E-state index >= 15 is 0 Å². The van der Waals surface area contributed by atoms with Gasteiger partial charge in [0, 0.05) is 27.2 Å². The van der Waals surface area contributed by atoms with Crippen molar-refractivity contribution in [3.8, 4) is 5.75 Å². The molecular weight excluding hydrogens is 292 g/mol. The Bertz CT molecular complexity index is 451. The second kappa shape index (κ2) is 9.60. The molecule has 0 fully saturated rings. The zero-order valence-electron chi connectivity index (χ0n) is 13.1. The lowest BCUT2D eigenvalue weighted by molar-refractivity contribution is -0.132. The third-order valence-electron chi connectivity index (χ3n) is 3.30. The molecule has 1 aromatic carbocycles. The zero-order valence-corrected chi connectivity index (χ0v) is 13.9. The molecule has 21 heavy (non-hydrogen) atoms. The number of benzene rings is 1. The highest BCUT2D eigenvalue weighted by Gasteiger charge is 2.15. The van der Waals surface area contributed by atoms with E-state index in [1.54, 1.807) is 26.2 Å². The minimum absolute atomic E-state index is 0. The van der Waals surface area contributed by atoms with Gasteiger partial charge in [-0.3, -0.25) is 4.79 Å². The summed E-state index contributed by atoms with van der Waals surface area (Å²) in [5.41, 5.74) is 7.65. The van der Waals surface area contributed by atoms with Crippen molar-refractivity contribution in [3.63, 3.8) is 0 Å². The molecule has 6 heteroatoms. The van der Waals surface area contributed by atoms with Crippen LogP contribution >= 0.6 is 12.4 Å². The standard InChI is InChI=1S/C15H24N2O3.ClH/c1-11-7-12(5-6-14(11)20-4)10-17(2)15(18)8-13(9-16)19-3;/h5-7,13H,8-10,16H2,1-4H3;1H. The monoisotopic (exact) mass is 316 g/mol. The van der Waals surface area contributed by atoms with Crippen LogP contribution in [0, 0.1) is 6.92 Å². The minimum atomic E-state index is -0.220. The van der Waals surface area contributed by atoms with Crippen LogP contribution in [0.4, 0.5) is 0 Å². The van der Waals surface area contributed by atoms with Crippen LogP contribution in [0.25, 0.3) is 0 Å². The average molecular weight is 317 g/mol. The number of rotatable bonds is 7. The fraction of sp³-hybridized carbons (Fsp3) is 0.533. The van der Waals surface area contributed by atoms with Gasteiger partial charge < -0.3 is 20.1 Å². The molecule has 1 amide bonds. The summed E-state index contributed by atoms with van der Waals surface area (Å²) in [6.45, 7) is 2.89. The molecule has 0 aliphatic carbocycles. The summed E-state index contributed by atoms with van der Waals surface area (Å²) in [7, 11) is 5.00. The zero-order chi connectivity index (χ0) is 15.1. The molecule has 1 rings (SSSR count). The molecule has 2 N–H and O–H groups in total. The van der Waals surface area contributed by atoms with Crippen molar-refractivity contribution in [1.82, 2.24) is 4.90 Å². The summed E-state index contributed by atoms with van der Waals surface area (Å²) in [6, 6.07) is 5.91. The van der Waals surface area contributed by atoms with Gasteiger partial charge in [-0.25, -0.2) is 0 Å². The Morgan fingerprint density at radius 3 is 2.52 bits per heavy atom. The number of nitrogens with zero attached hydrogens (tertiary/aromatic N) is 1. The van der Waals surface area contributed by atoms with E-state index in [1.165, 1.54) is 0 Å². The maximum atomic E-state index is 12.0. The van der Waals surface area contributed by atoms with Crippen LogP contribution in [-0.4, -0.2) is 44.7 Å². The molecule has 5 nitrogen and oxygen atoms in total. The number of aryl methyl sites for hydroxylation is 1. The largest absolute Gasteiger partial charge is 0.496 e. The van der Waals surface area contributed by atoms with Gasteiger partial charge >= 0.3 is 0 Å². The second-order valence-electron chi connectivity index (χ2n) is 4.85. The summed E-state index contributed by atoms with van der Waals surface area (Å²) in [5, 5.41) is 0. The average Bonchev–Trinajstić information content (AvgIpc) is 2.44. The number of halogens is 1. The highest BCUT2D eigenvalue weighted by Crippen LogP contribution is 2.19. The van der Waals surface area contributed by atoms with Gasteiger partial charge in [-0.05, 0) is 24.1 Å². The Labute approximate surface area is 132 Å². The van der Waals surface area contributed by atoms with Crippen molar-refractivity contribution in [3.05, 3.63) is 29.3 Å². The van der Waals surface area contributed by atoms with Crippen LogP contribution in [0.15, 0.2) is 18.2 Å². The first kappa shape index (κ1) is 19.7. The Morgan fingerprint density at radius 2 is 2.05 bits per heavy atom. The van der Waals surface area contributed by atoms with Crippen molar-refractivity contribution in [1.29, 1.82) is 0 Å².